The zero-order valence-corrected chi connectivity index (χ0v) is 12.4. The lowest BCUT2D eigenvalue weighted by molar-refractivity contribution is 0.426. The van der Waals surface area contributed by atoms with Crippen LogP contribution in [0, 0.1) is 12.7 Å². The van der Waals surface area contributed by atoms with Crippen molar-refractivity contribution >= 4 is 5.69 Å². The van der Waals surface area contributed by atoms with Crippen molar-refractivity contribution in [2.45, 2.75) is 46.2 Å². The molecule has 1 N–H and O–H groups in total. The third kappa shape index (κ3) is 3.38. The minimum absolute atomic E-state index is 0.183. The Bertz CT molecular complexity index is 559. The van der Waals surface area contributed by atoms with Crippen LogP contribution >= 0.6 is 0 Å². The van der Waals surface area contributed by atoms with Crippen LogP contribution < -0.4 is 5.32 Å². The molecular formula is C16H22FN3. The van der Waals surface area contributed by atoms with Crippen LogP contribution in [0.3, 0.4) is 0 Å². The Morgan fingerprint density at radius 2 is 2.00 bits per heavy atom. The molecule has 108 valence electrons. The summed E-state index contributed by atoms with van der Waals surface area (Å²) in [6.45, 7) is 6.71. The molecule has 20 heavy (non-hydrogen) atoms. The highest BCUT2D eigenvalue weighted by Gasteiger charge is 2.07. The molecule has 0 radical (unpaired) electrons. The van der Waals surface area contributed by atoms with Crippen molar-refractivity contribution in [1.29, 1.82) is 0 Å². The molecule has 0 bridgehead atoms. The van der Waals surface area contributed by atoms with Gasteiger partial charge < -0.3 is 5.32 Å². The summed E-state index contributed by atoms with van der Waals surface area (Å²) in [5, 5.41) is 7.77. The van der Waals surface area contributed by atoms with Gasteiger partial charge in [-0.2, -0.15) is 5.10 Å². The quantitative estimate of drug-likeness (QED) is 0.851. The maximum Gasteiger partial charge on any atom is 0.128 e. The van der Waals surface area contributed by atoms with Gasteiger partial charge in [-0.25, -0.2) is 4.39 Å². The Kier molecular flexibility index (Phi) is 4.77. The van der Waals surface area contributed by atoms with E-state index in [0.717, 1.165) is 24.2 Å². The molecule has 4 heteroatoms. The second-order valence-electron chi connectivity index (χ2n) is 5.07. The number of benzene rings is 1. The zero-order valence-electron chi connectivity index (χ0n) is 12.4. The maximum absolute atomic E-state index is 13.4. The summed E-state index contributed by atoms with van der Waals surface area (Å²) in [7, 11) is 0. The van der Waals surface area contributed by atoms with E-state index in [1.807, 2.05) is 23.0 Å². The van der Waals surface area contributed by atoms with Gasteiger partial charge in [-0.15, -0.1) is 0 Å². The molecule has 0 aliphatic rings. The normalized spacial score (nSPS) is 11.1. The number of aryl methyl sites for hydroxylation is 1. The molecule has 0 unspecified atom stereocenters. The number of aromatic nitrogens is 2. The van der Waals surface area contributed by atoms with E-state index in [1.165, 1.54) is 6.07 Å². The summed E-state index contributed by atoms with van der Waals surface area (Å²) in [6, 6.07) is 7.65. The molecule has 1 aromatic heterocycles. The van der Waals surface area contributed by atoms with Gasteiger partial charge in [0.25, 0.3) is 0 Å². The van der Waals surface area contributed by atoms with Crippen LogP contribution in [0.5, 0.6) is 0 Å². The highest BCUT2D eigenvalue weighted by atomic mass is 19.1. The topological polar surface area (TPSA) is 29.9 Å². The van der Waals surface area contributed by atoms with E-state index < -0.39 is 0 Å². The fourth-order valence-corrected chi connectivity index (χ4v) is 2.23. The lowest BCUT2D eigenvalue weighted by atomic mass is 10.2. The van der Waals surface area contributed by atoms with Crippen molar-refractivity contribution in [3.05, 3.63) is 47.5 Å². The summed E-state index contributed by atoms with van der Waals surface area (Å²) in [4.78, 5) is 0. The minimum atomic E-state index is -0.183. The monoisotopic (exact) mass is 275 g/mol. The van der Waals surface area contributed by atoms with Gasteiger partial charge >= 0.3 is 0 Å². The fraction of sp³-hybridized carbons (Fsp3) is 0.438. The molecule has 0 saturated heterocycles. The standard InChI is InChI=1S/C16H22FN3/c1-4-15(5-2)20-9-8-14(19-20)11-18-13-7-6-12(3)16(17)10-13/h6-10,15,18H,4-5,11H2,1-3H3. The summed E-state index contributed by atoms with van der Waals surface area (Å²) < 4.78 is 15.5. The van der Waals surface area contributed by atoms with Gasteiger partial charge in [-0.3, -0.25) is 4.68 Å². The van der Waals surface area contributed by atoms with Crippen LogP contribution in [0.1, 0.15) is 44.0 Å². The van der Waals surface area contributed by atoms with E-state index >= 15 is 0 Å². The lowest BCUT2D eigenvalue weighted by Crippen LogP contribution is -2.09. The van der Waals surface area contributed by atoms with Crippen LogP contribution in [0.15, 0.2) is 30.5 Å². The number of nitrogens with zero attached hydrogens (tertiary/aromatic N) is 2. The van der Waals surface area contributed by atoms with Crippen molar-refractivity contribution in [2.75, 3.05) is 5.32 Å². The molecule has 1 aromatic carbocycles. The van der Waals surface area contributed by atoms with Crippen LogP contribution in [-0.4, -0.2) is 9.78 Å². The second kappa shape index (κ2) is 6.55. The number of nitrogens with one attached hydrogen (secondary N) is 1. The summed E-state index contributed by atoms with van der Waals surface area (Å²) >= 11 is 0. The first-order valence-corrected chi connectivity index (χ1v) is 7.18. The van der Waals surface area contributed by atoms with Gasteiger partial charge in [0.15, 0.2) is 0 Å². The predicted octanol–water partition coefficient (Wildman–Crippen LogP) is 4.30. The van der Waals surface area contributed by atoms with Crippen molar-refractivity contribution in [3.63, 3.8) is 0 Å². The molecule has 0 fully saturated rings. The largest absolute Gasteiger partial charge is 0.379 e. The molecule has 0 atom stereocenters. The van der Waals surface area contributed by atoms with Crippen molar-refractivity contribution < 1.29 is 4.39 Å². The number of hydrogen-bond donors (Lipinski definition) is 1. The van der Waals surface area contributed by atoms with Crippen LogP contribution in [0.2, 0.25) is 0 Å². The first-order valence-electron chi connectivity index (χ1n) is 7.18. The number of rotatable bonds is 6. The summed E-state index contributed by atoms with van der Waals surface area (Å²) in [6.07, 6.45) is 4.17. The molecule has 0 saturated carbocycles. The minimum Gasteiger partial charge on any atom is -0.379 e. The smallest absolute Gasteiger partial charge is 0.128 e. The molecule has 2 aromatic rings. The SMILES string of the molecule is CCC(CC)n1ccc(CNc2ccc(C)c(F)c2)n1. The Morgan fingerprint density at radius 1 is 1.25 bits per heavy atom. The molecule has 0 amide bonds. The van der Waals surface area contributed by atoms with E-state index in [0.29, 0.717) is 18.2 Å². The number of hydrogen-bond acceptors (Lipinski definition) is 2. The third-order valence-corrected chi connectivity index (χ3v) is 3.63. The van der Waals surface area contributed by atoms with Gasteiger partial charge in [0.2, 0.25) is 0 Å². The van der Waals surface area contributed by atoms with E-state index in [-0.39, 0.29) is 5.82 Å². The Morgan fingerprint density at radius 3 is 2.65 bits per heavy atom. The number of anilines is 1. The maximum atomic E-state index is 13.4. The average Bonchev–Trinajstić information content (AvgIpc) is 2.90. The first kappa shape index (κ1) is 14.6. The van der Waals surface area contributed by atoms with Crippen molar-refractivity contribution in [3.8, 4) is 0 Å². The molecule has 0 spiro atoms. The van der Waals surface area contributed by atoms with Gasteiger partial charge in [0.1, 0.15) is 5.82 Å². The van der Waals surface area contributed by atoms with E-state index in [4.69, 9.17) is 0 Å². The average molecular weight is 275 g/mol. The van der Waals surface area contributed by atoms with Crippen LogP contribution in [0.4, 0.5) is 10.1 Å². The van der Waals surface area contributed by atoms with Crippen LogP contribution in [0.25, 0.3) is 0 Å². The second-order valence-corrected chi connectivity index (χ2v) is 5.07. The van der Waals surface area contributed by atoms with E-state index in [9.17, 15) is 4.39 Å². The van der Waals surface area contributed by atoms with Gasteiger partial charge in [0, 0.05) is 11.9 Å². The summed E-state index contributed by atoms with van der Waals surface area (Å²) in [5.74, 6) is -0.183. The van der Waals surface area contributed by atoms with E-state index in [1.54, 1.807) is 13.0 Å². The van der Waals surface area contributed by atoms with Gasteiger partial charge in [0.05, 0.1) is 18.3 Å². The Hall–Kier alpha value is -1.84. The molecule has 3 nitrogen and oxygen atoms in total. The zero-order chi connectivity index (χ0) is 14.5. The third-order valence-electron chi connectivity index (χ3n) is 3.63. The Balaban J connectivity index is 1.98. The number of halogens is 1. The molecule has 1 heterocycles. The molecule has 0 aliphatic carbocycles. The Labute approximate surface area is 119 Å². The first-order chi connectivity index (χ1) is 9.63. The van der Waals surface area contributed by atoms with Gasteiger partial charge in [-0.1, -0.05) is 19.9 Å². The highest BCUT2D eigenvalue weighted by molar-refractivity contribution is 5.45. The van der Waals surface area contributed by atoms with Crippen molar-refractivity contribution in [1.82, 2.24) is 9.78 Å². The molecular weight excluding hydrogens is 253 g/mol. The molecule has 2 rings (SSSR count). The van der Waals surface area contributed by atoms with Crippen molar-refractivity contribution in [2.24, 2.45) is 0 Å². The summed E-state index contributed by atoms with van der Waals surface area (Å²) in [5.41, 5.74) is 2.41. The van der Waals surface area contributed by atoms with Gasteiger partial charge in [-0.05, 0) is 43.5 Å². The lowest BCUT2D eigenvalue weighted by Gasteiger charge is -2.12. The van der Waals surface area contributed by atoms with Crippen LogP contribution in [-0.2, 0) is 6.54 Å². The fourth-order valence-electron chi connectivity index (χ4n) is 2.23. The predicted molar refractivity (Wildman–Crippen MR) is 80.3 cm³/mol. The highest BCUT2D eigenvalue weighted by Crippen LogP contribution is 2.16. The van der Waals surface area contributed by atoms with E-state index in [2.05, 4.69) is 24.3 Å². The molecule has 0 aliphatic heterocycles.